The summed E-state index contributed by atoms with van der Waals surface area (Å²) in [7, 11) is 1.68. The molecule has 5 heteroatoms. The summed E-state index contributed by atoms with van der Waals surface area (Å²) in [6, 6.07) is -0.815. The van der Waals surface area contributed by atoms with E-state index in [1.807, 2.05) is 13.8 Å². The Kier molecular flexibility index (Phi) is 6.96. The lowest BCUT2D eigenvalue weighted by Crippen LogP contribution is -2.46. The van der Waals surface area contributed by atoms with Crippen LogP contribution in [0.2, 0.25) is 0 Å². The van der Waals surface area contributed by atoms with Gasteiger partial charge in [-0.25, -0.2) is 0 Å². The molecule has 0 bridgehead atoms. The van der Waals surface area contributed by atoms with Gasteiger partial charge in [0.25, 0.3) is 0 Å². The molecule has 0 saturated heterocycles. The number of carboxylic acids is 1. The molecule has 0 aromatic rings. The van der Waals surface area contributed by atoms with Crippen LogP contribution >= 0.6 is 11.8 Å². The van der Waals surface area contributed by atoms with E-state index in [9.17, 15) is 4.79 Å². The van der Waals surface area contributed by atoms with E-state index in [0.717, 1.165) is 25.2 Å². The van der Waals surface area contributed by atoms with E-state index in [0.29, 0.717) is 0 Å². The van der Waals surface area contributed by atoms with Crippen molar-refractivity contribution >= 4 is 17.7 Å². The molecule has 0 saturated carbocycles. The Balaban J connectivity index is 3.78. The summed E-state index contributed by atoms with van der Waals surface area (Å²) >= 11 is 1.60. The van der Waals surface area contributed by atoms with E-state index < -0.39 is 16.8 Å². The van der Waals surface area contributed by atoms with Crippen molar-refractivity contribution in [3.63, 3.8) is 0 Å². The topological polar surface area (TPSA) is 72.5 Å². The monoisotopic (exact) mass is 235 g/mol. The summed E-state index contributed by atoms with van der Waals surface area (Å²) in [4.78, 5) is 10.7. The Morgan fingerprint density at radius 2 is 2.13 bits per heavy atom. The SMILES string of the molecule is COCCCCSC(C)(C)[C@H](N)C(=O)O. The van der Waals surface area contributed by atoms with Crippen LogP contribution < -0.4 is 5.73 Å². The molecule has 0 amide bonds. The lowest BCUT2D eigenvalue weighted by molar-refractivity contribution is -0.139. The number of rotatable bonds is 8. The fraction of sp³-hybridized carbons (Fsp3) is 0.900. The van der Waals surface area contributed by atoms with Crippen LogP contribution in [-0.4, -0.2) is 41.3 Å². The Hall–Kier alpha value is -0.260. The van der Waals surface area contributed by atoms with Crippen molar-refractivity contribution in [1.29, 1.82) is 0 Å². The van der Waals surface area contributed by atoms with Gasteiger partial charge in [-0.2, -0.15) is 11.8 Å². The van der Waals surface area contributed by atoms with Crippen LogP contribution in [0.5, 0.6) is 0 Å². The van der Waals surface area contributed by atoms with Crippen molar-refractivity contribution < 1.29 is 14.6 Å². The molecule has 0 aromatic heterocycles. The van der Waals surface area contributed by atoms with Crippen molar-refractivity contribution in [1.82, 2.24) is 0 Å². The molecule has 1 atom stereocenters. The fourth-order valence-corrected chi connectivity index (χ4v) is 2.23. The molecule has 90 valence electrons. The van der Waals surface area contributed by atoms with E-state index in [-0.39, 0.29) is 0 Å². The van der Waals surface area contributed by atoms with Gasteiger partial charge >= 0.3 is 5.97 Å². The predicted molar refractivity (Wildman–Crippen MR) is 63.3 cm³/mol. The number of thioether (sulfide) groups is 1. The maximum absolute atomic E-state index is 10.7. The molecule has 0 unspecified atom stereocenters. The smallest absolute Gasteiger partial charge is 0.321 e. The fourth-order valence-electron chi connectivity index (χ4n) is 1.07. The molecule has 0 aliphatic heterocycles. The van der Waals surface area contributed by atoms with E-state index >= 15 is 0 Å². The highest BCUT2D eigenvalue weighted by molar-refractivity contribution is 8.00. The Labute approximate surface area is 95.6 Å². The van der Waals surface area contributed by atoms with Gasteiger partial charge in [-0.3, -0.25) is 4.79 Å². The Morgan fingerprint density at radius 3 is 2.60 bits per heavy atom. The van der Waals surface area contributed by atoms with Gasteiger partial charge in [-0.05, 0) is 32.4 Å². The van der Waals surface area contributed by atoms with Crippen molar-refractivity contribution in [3.05, 3.63) is 0 Å². The van der Waals surface area contributed by atoms with E-state index in [4.69, 9.17) is 15.6 Å². The molecular formula is C10H21NO3S. The van der Waals surface area contributed by atoms with Gasteiger partial charge in [-0.15, -0.1) is 0 Å². The first kappa shape index (κ1) is 14.7. The number of ether oxygens (including phenoxy) is 1. The zero-order valence-corrected chi connectivity index (χ0v) is 10.5. The summed E-state index contributed by atoms with van der Waals surface area (Å²) in [6.45, 7) is 4.49. The normalized spacial score (nSPS) is 13.9. The second-order valence-corrected chi connectivity index (χ2v) is 5.72. The van der Waals surface area contributed by atoms with Crippen LogP contribution in [-0.2, 0) is 9.53 Å². The maximum Gasteiger partial charge on any atom is 0.321 e. The molecular weight excluding hydrogens is 214 g/mol. The van der Waals surface area contributed by atoms with Gasteiger partial charge in [0.2, 0.25) is 0 Å². The molecule has 0 aliphatic rings. The molecule has 0 heterocycles. The number of aliphatic carboxylic acids is 1. The predicted octanol–water partition coefficient (Wildman–Crippen LogP) is 1.34. The largest absolute Gasteiger partial charge is 0.480 e. The summed E-state index contributed by atoms with van der Waals surface area (Å²) in [5.74, 6) is -0.0264. The molecule has 0 radical (unpaired) electrons. The average Bonchev–Trinajstić information content (AvgIpc) is 2.16. The van der Waals surface area contributed by atoms with Crippen molar-refractivity contribution in [2.24, 2.45) is 5.73 Å². The van der Waals surface area contributed by atoms with Crippen LogP contribution in [0.25, 0.3) is 0 Å². The van der Waals surface area contributed by atoms with Crippen molar-refractivity contribution in [3.8, 4) is 0 Å². The minimum atomic E-state index is -0.940. The van der Waals surface area contributed by atoms with Gasteiger partial charge in [0.05, 0.1) is 0 Å². The molecule has 0 fully saturated rings. The molecule has 0 aliphatic carbocycles. The standard InChI is InChI=1S/C10H21NO3S/c1-10(2,8(11)9(12)13)15-7-5-4-6-14-3/h8H,4-7,11H2,1-3H3,(H,12,13)/t8-/m1/s1. The number of carbonyl (C=O) groups is 1. The minimum Gasteiger partial charge on any atom is -0.480 e. The second kappa shape index (κ2) is 7.09. The quantitative estimate of drug-likeness (QED) is 0.621. The van der Waals surface area contributed by atoms with Crippen LogP contribution in [0.1, 0.15) is 26.7 Å². The van der Waals surface area contributed by atoms with Gasteiger partial charge in [0.1, 0.15) is 6.04 Å². The lowest BCUT2D eigenvalue weighted by Gasteiger charge is -2.27. The molecule has 0 rings (SSSR count). The van der Waals surface area contributed by atoms with Gasteiger partial charge in [0, 0.05) is 18.5 Å². The number of nitrogens with two attached hydrogens (primary N) is 1. The van der Waals surface area contributed by atoms with Crippen molar-refractivity contribution in [2.75, 3.05) is 19.5 Å². The molecule has 0 aromatic carbocycles. The summed E-state index contributed by atoms with van der Waals surface area (Å²) in [5, 5.41) is 8.80. The maximum atomic E-state index is 10.7. The highest BCUT2D eigenvalue weighted by Crippen LogP contribution is 2.28. The van der Waals surface area contributed by atoms with Crippen molar-refractivity contribution in [2.45, 2.75) is 37.5 Å². The molecule has 3 N–H and O–H groups in total. The third kappa shape index (κ3) is 6.02. The van der Waals surface area contributed by atoms with Gasteiger partial charge in [0.15, 0.2) is 0 Å². The first-order valence-electron chi connectivity index (χ1n) is 5.03. The Bertz CT molecular complexity index is 197. The van der Waals surface area contributed by atoms with Gasteiger partial charge < -0.3 is 15.6 Å². The van der Waals surface area contributed by atoms with Crippen LogP contribution in [0, 0.1) is 0 Å². The third-order valence-corrected chi connectivity index (χ3v) is 3.72. The number of methoxy groups -OCH3 is 1. The first-order valence-corrected chi connectivity index (χ1v) is 6.01. The first-order chi connectivity index (χ1) is 6.91. The zero-order chi connectivity index (χ0) is 11.9. The summed E-state index contributed by atoms with van der Waals surface area (Å²) < 4.78 is 4.51. The molecule has 0 spiro atoms. The second-order valence-electron chi connectivity index (χ2n) is 3.97. The summed E-state index contributed by atoms with van der Waals surface area (Å²) in [6.07, 6.45) is 2.02. The third-order valence-electron chi connectivity index (χ3n) is 2.23. The molecule has 15 heavy (non-hydrogen) atoms. The van der Waals surface area contributed by atoms with E-state index in [2.05, 4.69) is 0 Å². The zero-order valence-electron chi connectivity index (χ0n) is 9.66. The highest BCUT2D eigenvalue weighted by atomic mass is 32.2. The number of hydrogen-bond acceptors (Lipinski definition) is 4. The number of unbranched alkanes of at least 4 members (excludes halogenated alkanes) is 1. The van der Waals surface area contributed by atoms with Crippen LogP contribution in [0.15, 0.2) is 0 Å². The van der Waals surface area contributed by atoms with E-state index in [1.54, 1.807) is 18.9 Å². The summed E-state index contributed by atoms with van der Waals surface area (Å²) in [5.41, 5.74) is 5.59. The van der Waals surface area contributed by atoms with Crippen LogP contribution in [0.3, 0.4) is 0 Å². The molecule has 4 nitrogen and oxygen atoms in total. The Morgan fingerprint density at radius 1 is 1.53 bits per heavy atom. The number of carboxylic acid groups (broad SMARTS) is 1. The lowest BCUT2D eigenvalue weighted by atomic mass is 10.1. The van der Waals surface area contributed by atoms with E-state index in [1.165, 1.54) is 0 Å². The van der Waals surface area contributed by atoms with Crippen LogP contribution in [0.4, 0.5) is 0 Å². The highest BCUT2D eigenvalue weighted by Gasteiger charge is 2.32. The van der Waals surface area contributed by atoms with Gasteiger partial charge in [-0.1, -0.05) is 0 Å². The number of hydrogen-bond donors (Lipinski definition) is 2. The minimum absolute atomic E-state index is 0.418. The average molecular weight is 235 g/mol.